The van der Waals surface area contributed by atoms with E-state index in [1.807, 2.05) is 6.92 Å². The molecule has 7 rings (SSSR count). The van der Waals surface area contributed by atoms with Gasteiger partial charge in [0.15, 0.2) is 0 Å². The zero-order valence-corrected chi connectivity index (χ0v) is 35.8. The van der Waals surface area contributed by atoms with E-state index in [1.165, 1.54) is 31.3 Å². The quantitative estimate of drug-likeness (QED) is 0.187. The van der Waals surface area contributed by atoms with Gasteiger partial charge in [0, 0.05) is 43.7 Å². The molecule has 9 heteroatoms. The molecule has 0 unspecified atom stereocenters. The van der Waals surface area contributed by atoms with Gasteiger partial charge in [0.1, 0.15) is 11.9 Å². The summed E-state index contributed by atoms with van der Waals surface area (Å²) < 4.78 is 6.20. The van der Waals surface area contributed by atoms with Gasteiger partial charge in [-0.25, -0.2) is 4.99 Å². The van der Waals surface area contributed by atoms with Crippen molar-refractivity contribution >= 4 is 29.4 Å². The Morgan fingerprint density at radius 2 is 1.60 bits per heavy atom. The Labute approximate surface area is 331 Å². The van der Waals surface area contributed by atoms with Gasteiger partial charge < -0.3 is 14.7 Å². The fraction of sp³-hybridized carbons (Fsp3) is 0.848. The number of amidine groups is 1. The first kappa shape index (κ1) is 40.6. The van der Waals surface area contributed by atoms with Crippen LogP contribution in [0.4, 0.5) is 0 Å². The molecule has 5 saturated carbocycles. The number of ether oxygens (including phenoxy) is 1. The number of carbonyl (C=O) groups excluding carboxylic acids is 2. The summed E-state index contributed by atoms with van der Waals surface area (Å²) in [4.78, 5) is 53.0. The lowest BCUT2D eigenvalue weighted by Gasteiger charge is -2.73. The molecule has 306 valence electrons. The minimum atomic E-state index is -1.14. The van der Waals surface area contributed by atoms with E-state index in [0.29, 0.717) is 41.9 Å². The lowest BCUT2D eigenvalue weighted by molar-refractivity contribution is -0.250. The van der Waals surface area contributed by atoms with Crippen LogP contribution in [0.25, 0.3) is 0 Å². The minimum Gasteiger partial charge on any atom is -0.481 e. The normalized spacial score (nSPS) is 41.2. The number of carboxylic acid groups (broad SMARTS) is 1. The van der Waals surface area contributed by atoms with Crippen LogP contribution in [-0.4, -0.2) is 89.7 Å². The molecule has 9 nitrogen and oxygen atoms in total. The minimum absolute atomic E-state index is 0.0518. The van der Waals surface area contributed by atoms with E-state index in [2.05, 4.69) is 67.9 Å². The number of aliphatic carboxylic acids is 1. The largest absolute Gasteiger partial charge is 0.481 e. The standard InChI is InChI=1S/C46H72N4O5/c1-29(2)31-13-18-46(25-37(51)50-23-21-49(22-24-50)28-36-47-27-30(3)48-36)20-19-44(9)32(39(31)46)11-12-34-43(8)16-15-35(55-38(52)26-41(4,5)40(53)54)42(6,7)33(43)14-17-45(34,44)10/h31-35,39H,1,11-28H2,2-10H3,(H,53,54)/t31-,32+,33-,34+,35-,39+,43-,44+,45+,46+/m0/s1. The second-order valence-corrected chi connectivity index (χ2v) is 21.7. The molecule has 2 heterocycles. The number of carboxylic acids is 1. The molecule has 0 bridgehead atoms. The first-order chi connectivity index (χ1) is 25.7. The highest BCUT2D eigenvalue weighted by molar-refractivity contribution is 6.03. The predicted octanol–water partition coefficient (Wildman–Crippen LogP) is 8.46. The Morgan fingerprint density at radius 3 is 2.24 bits per heavy atom. The molecule has 55 heavy (non-hydrogen) atoms. The maximum atomic E-state index is 14.3. The van der Waals surface area contributed by atoms with Gasteiger partial charge in [-0.15, -0.1) is 0 Å². The van der Waals surface area contributed by atoms with Crippen molar-refractivity contribution in [1.29, 1.82) is 0 Å². The van der Waals surface area contributed by atoms with Gasteiger partial charge in [0.05, 0.1) is 24.9 Å². The number of carbonyl (C=O) groups is 3. The highest BCUT2D eigenvalue weighted by Crippen LogP contribution is 2.78. The third-order valence-corrected chi connectivity index (χ3v) is 18.0. The summed E-state index contributed by atoms with van der Waals surface area (Å²) in [5.41, 5.74) is 1.62. The average molecular weight is 761 g/mol. The van der Waals surface area contributed by atoms with E-state index in [-0.39, 0.29) is 39.6 Å². The number of esters is 1. The van der Waals surface area contributed by atoms with E-state index in [9.17, 15) is 19.5 Å². The highest BCUT2D eigenvalue weighted by Gasteiger charge is 2.71. The number of allylic oxidation sites excluding steroid dienone is 1. The first-order valence-corrected chi connectivity index (χ1v) is 21.8. The summed E-state index contributed by atoms with van der Waals surface area (Å²) in [5.74, 6) is 2.50. The molecule has 0 aromatic carbocycles. The van der Waals surface area contributed by atoms with Crippen LogP contribution >= 0.6 is 0 Å². The van der Waals surface area contributed by atoms with Crippen molar-refractivity contribution in [1.82, 2.24) is 9.80 Å². The summed E-state index contributed by atoms with van der Waals surface area (Å²) in [7, 11) is 0. The zero-order valence-electron chi connectivity index (χ0n) is 35.8. The van der Waals surface area contributed by atoms with E-state index in [1.54, 1.807) is 13.8 Å². The Kier molecular flexibility index (Phi) is 10.4. The van der Waals surface area contributed by atoms with Crippen LogP contribution in [-0.2, 0) is 19.1 Å². The number of nitrogens with zero attached hydrogens (tertiary/aromatic N) is 4. The molecule has 0 radical (unpaired) electrons. The summed E-state index contributed by atoms with van der Waals surface area (Å²) >= 11 is 0. The lowest BCUT2D eigenvalue weighted by atomic mass is 9.32. The van der Waals surface area contributed by atoms with Crippen LogP contribution in [0.15, 0.2) is 22.1 Å². The molecule has 10 atom stereocenters. The van der Waals surface area contributed by atoms with Gasteiger partial charge >= 0.3 is 11.9 Å². The molecule has 1 saturated heterocycles. The number of amides is 1. The second kappa shape index (κ2) is 14.1. The molecule has 0 spiro atoms. The number of hydrogen-bond acceptors (Lipinski definition) is 7. The summed E-state index contributed by atoms with van der Waals surface area (Å²) in [6, 6.07) is 0. The Balaban J connectivity index is 1.07. The molecule has 7 aliphatic rings. The summed E-state index contributed by atoms with van der Waals surface area (Å²) in [6.45, 7) is 29.4. The third kappa shape index (κ3) is 6.66. The molecule has 0 aromatic heterocycles. The molecule has 1 N–H and O–H groups in total. The first-order valence-electron chi connectivity index (χ1n) is 21.8. The number of fused-ring (bicyclic) bond motifs is 7. The van der Waals surface area contributed by atoms with E-state index in [0.717, 1.165) is 89.3 Å². The average Bonchev–Trinajstić information content (AvgIpc) is 3.69. The number of aliphatic imine (C=N–C) groups is 2. The predicted molar refractivity (Wildman–Crippen MR) is 218 cm³/mol. The molecule has 0 aromatic rings. The van der Waals surface area contributed by atoms with Crippen LogP contribution in [0.1, 0.15) is 139 Å². The smallest absolute Gasteiger partial charge is 0.309 e. The van der Waals surface area contributed by atoms with Gasteiger partial charge in [-0.2, -0.15) is 0 Å². The molecule has 6 fully saturated rings. The monoisotopic (exact) mass is 761 g/mol. The Hall–Kier alpha value is -2.55. The Bertz CT molecular complexity index is 1640. The van der Waals surface area contributed by atoms with E-state index >= 15 is 0 Å². The van der Waals surface area contributed by atoms with Crippen molar-refractivity contribution in [3.63, 3.8) is 0 Å². The molecule has 5 aliphatic carbocycles. The van der Waals surface area contributed by atoms with Crippen molar-refractivity contribution in [2.45, 2.75) is 145 Å². The number of piperazine rings is 1. The molecular weight excluding hydrogens is 689 g/mol. The van der Waals surface area contributed by atoms with Crippen LogP contribution in [0.3, 0.4) is 0 Å². The Morgan fingerprint density at radius 1 is 0.891 bits per heavy atom. The van der Waals surface area contributed by atoms with Crippen molar-refractivity contribution in [3.8, 4) is 0 Å². The topological polar surface area (TPSA) is 112 Å². The SMILES string of the molecule is C=C(C)[C@@H]1CC[C@]2(CC(=O)N3CCN(CC4=NCC(C)=N4)CC3)CC[C@]3(C)[C@H](CC[C@@H]4[C@@]5(C)CC[C@H](OC(=O)CC(C)(C)C(=O)O)C(C)(C)[C@@H]5CC[C@]43C)[C@@H]12. The van der Waals surface area contributed by atoms with Crippen molar-refractivity contribution in [3.05, 3.63) is 12.2 Å². The molecular formula is C46H72N4O5. The third-order valence-electron chi connectivity index (χ3n) is 18.0. The van der Waals surface area contributed by atoms with Gasteiger partial charge in [0.25, 0.3) is 0 Å². The summed E-state index contributed by atoms with van der Waals surface area (Å²) in [6.07, 6.45) is 11.6. The van der Waals surface area contributed by atoms with Crippen LogP contribution in [0.2, 0.25) is 0 Å². The summed E-state index contributed by atoms with van der Waals surface area (Å²) in [5, 5.41) is 9.64. The number of hydrogen-bond donors (Lipinski definition) is 1. The van der Waals surface area contributed by atoms with Crippen LogP contribution in [0.5, 0.6) is 0 Å². The molecule has 1 amide bonds. The maximum absolute atomic E-state index is 14.3. The van der Waals surface area contributed by atoms with Gasteiger partial charge in [0.2, 0.25) is 5.91 Å². The second-order valence-electron chi connectivity index (χ2n) is 21.7. The van der Waals surface area contributed by atoms with Crippen molar-refractivity contribution in [2.24, 2.45) is 72.1 Å². The van der Waals surface area contributed by atoms with Gasteiger partial charge in [-0.05, 0) is 143 Å². The lowest BCUT2D eigenvalue weighted by Crippen LogP contribution is -2.67. The fourth-order valence-corrected chi connectivity index (χ4v) is 14.8. The highest BCUT2D eigenvalue weighted by atomic mass is 16.5. The van der Waals surface area contributed by atoms with Crippen molar-refractivity contribution < 1.29 is 24.2 Å². The number of rotatable bonds is 9. The van der Waals surface area contributed by atoms with E-state index in [4.69, 9.17) is 4.74 Å². The van der Waals surface area contributed by atoms with Crippen molar-refractivity contribution in [2.75, 3.05) is 39.3 Å². The van der Waals surface area contributed by atoms with E-state index < -0.39 is 17.4 Å². The fourth-order valence-electron chi connectivity index (χ4n) is 14.8. The van der Waals surface area contributed by atoms with Crippen LogP contribution < -0.4 is 0 Å². The van der Waals surface area contributed by atoms with Crippen LogP contribution in [0, 0.1) is 62.1 Å². The maximum Gasteiger partial charge on any atom is 0.309 e. The zero-order chi connectivity index (χ0) is 39.9. The van der Waals surface area contributed by atoms with Gasteiger partial charge in [-0.3, -0.25) is 24.3 Å². The molecule has 2 aliphatic heterocycles. The van der Waals surface area contributed by atoms with Gasteiger partial charge in [-0.1, -0.05) is 46.8 Å².